The highest BCUT2D eigenvalue weighted by molar-refractivity contribution is 6.00. The minimum atomic E-state index is -0.650. The van der Waals surface area contributed by atoms with Crippen LogP contribution >= 0.6 is 0 Å². The Balaban J connectivity index is 1.70. The fraction of sp³-hybridized carbons (Fsp3) is 0.500. The van der Waals surface area contributed by atoms with E-state index in [9.17, 15) is 19.2 Å². The summed E-state index contributed by atoms with van der Waals surface area (Å²) in [5.41, 5.74) is 0.443. The number of carbonyl (C=O) groups is 4. The summed E-state index contributed by atoms with van der Waals surface area (Å²) in [7, 11) is 2.44. The van der Waals surface area contributed by atoms with Crippen LogP contribution in [0.1, 0.15) is 52.8 Å². The lowest BCUT2D eigenvalue weighted by Crippen LogP contribution is -2.65. The van der Waals surface area contributed by atoms with Crippen molar-refractivity contribution in [3.8, 4) is 0 Å². The third-order valence-electron chi connectivity index (χ3n) is 5.27. The van der Waals surface area contributed by atoms with Crippen LogP contribution in [0.3, 0.4) is 0 Å². The van der Waals surface area contributed by atoms with Crippen molar-refractivity contribution in [2.75, 3.05) is 19.5 Å². The number of benzene rings is 1. The van der Waals surface area contributed by atoms with Crippen molar-refractivity contribution in [2.45, 2.75) is 50.2 Å². The predicted octanol–water partition coefficient (Wildman–Crippen LogP) is 0.988. The van der Waals surface area contributed by atoms with Crippen LogP contribution in [0.15, 0.2) is 18.2 Å². The molecule has 0 radical (unpaired) electrons. The van der Waals surface area contributed by atoms with E-state index in [1.165, 1.54) is 32.4 Å². The predicted molar refractivity (Wildman–Crippen MR) is 103 cm³/mol. The van der Waals surface area contributed by atoms with Crippen LogP contribution in [0.5, 0.6) is 0 Å². The van der Waals surface area contributed by atoms with E-state index in [1.54, 1.807) is 0 Å². The van der Waals surface area contributed by atoms with Gasteiger partial charge in [0, 0.05) is 17.8 Å². The van der Waals surface area contributed by atoms with Gasteiger partial charge in [0.15, 0.2) is 0 Å². The minimum absolute atomic E-state index is 0.0644. The van der Waals surface area contributed by atoms with Gasteiger partial charge in [-0.1, -0.05) is 12.8 Å². The molecule has 3 rings (SSSR count). The lowest BCUT2D eigenvalue weighted by atomic mass is 9.87. The number of hydrogen-bond acceptors (Lipinski definition) is 7. The highest BCUT2D eigenvalue weighted by atomic mass is 16.5. The standard InChI is InChI=1S/C20H25N3O6/c1-28-19(26)11-7-12(20(27)29-2)9-13(8-11)21-17(24)10-16-18(25)23-15-6-4-3-5-14(15)22-16/h7-9,14-16,22H,3-6,10H2,1-2H3,(H,21,24)(H,23,25)/t14-,15-,16+/m1/s1. The molecule has 1 saturated carbocycles. The van der Waals surface area contributed by atoms with Crippen molar-refractivity contribution in [3.05, 3.63) is 29.3 Å². The van der Waals surface area contributed by atoms with E-state index in [0.29, 0.717) is 0 Å². The molecule has 9 heteroatoms. The molecule has 1 heterocycles. The van der Waals surface area contributed by atoms with Gasteiger partial charge in [0.05, 0.1) is 37.8 Å². The fourth-order valence-corrected chi connectivity index (χ4v) is 3.84. The molecule has 0 aromatic heterocycles. The largest absolute Gasteiger partial charge is 0.465 e. The first-order chi connectivity index (χ1) is 13.9. The molecule has 1 aliphatic heterocycles. The molecule has 29 heavy (non-hydrogen) atoms. The van der Waals surface area contributed by atoms with Gasteiger partial charge >= 0.3 is 11.9 Å². The van der Waals surface area contributed by atoms with Crippen molar-refractivity contribution in [3.63, 3.8) is 0 Å². The third kappa shape index (κ3) is 4.92. The molecular formula is C20H25N3O6. The maximum absolute atomic E-state index is 12.5. The number of amides is 2. The number of hydrogen-bond donors (Lipinski definition) is 3. The Bertz CT molecular complexity index is 790. The summed E-state index contributed by atoms with van der Waals surface area (Å²) in [6.45, 7) is 0. The molecule has 0 unspecified atom stereocenters. The Hall–Kier alpha value is -2.94. The zero-order valence-electron chi connectivity index (χ0n) is 16.4. The van der Waals surface area contributed by atoms with Crippen LogP contribution in [-0.2, 0) is 19.1 Å². The Labute approximate surface area is 168 Å². The fourth-order valence-electron chi connectivity index (χ4n) is 3.84. The van der Waals surface area contributed by atoms with E-state index in [0.717, 1.165) is 25.7 Å². The molecule has 1 saturated heterocycles. The zero-order valence-corrected chi connectivity index (χ0v) is 16.4. The molecule has 3 N–H and O–H groups in total. The number of carbonyl (C=O) groups excluding carboxylic acids is 4. The topological polar surface area (TPSA) is 123 Å². The molecule has 1 aromatic carbocycles. The van der Waals surface area contributed by atoms with Crippen LogP contribution in [-0.4, -0.2) is 56.1 Å². The van der Waals surface area contributed by atoms with Gasteiger partial charge in [0.2, 0.25) is 11.8 Å². The summed E-state index contributed by atoms with van der Waals surface area (Å²) in [4.78, 5) is 48.6. The van der Waals surface area contributed by atoms with Crippen LogP contribution < -0.4 is 16.0 Å². The van der Waals surface area contributed by atoms with Crippen molar-refractivity contribution < 1.29 is 28.7 Å². The normalized spacial score (nSPS) is 23.4. The molecule has 0 bridgehead atoms. The monoisotopic (exact) mass is 403 g/mol. The van der Waals surface area contributed by atoms with Gasteiger partial charge in [0.1, 0.15) is 0 Å². The van der Waals surface area contributed by atoms with Gasteiger partial charge in [-0.2, -0.15) is 0 Å². The number of esters is 2. The lowest BCUT2D eigenvalue weighted by molar-refractivity contribution is -0.129. The number of methoxy groups -OCH3 is 2. The van der Waals surface area contributed by atoms with Crippen LogP contribution in [0.2, 0.25) is 0 Å². The Morgan fingerprint density at radius 2 is 1.59 bits per heavy atom. The summed E-state index contributed by atoms with van der Waals surface area (Å²) in [5, 5.41) is 8.92. The SMILES string of the molecule is COC(=O)c1cc(NC(=O)C[C@@H]2N[C@@H]3CCCC[C@H]3NC2=O)cc(C(=O)OC)c1. The van der Waals surface area contributed by atoms with Gasteiger partial charge in [-0.25, -0.2) is 9.59 Å². The first-order valence-corrected chi connectivity index (χ1v) is 9.59. The number of nitrogens with one attached hydrogen (secondary N) is 3. The highest BCUT2D eigenvalue weighted by Gasteiger charge is 2.37. The van der Waals surface area contributed by atoms with Crippen molar-refractivity contribution in [1.29, 1.82) is 0 Å². The van der Waals surface area contributed by atoms with Crippen molar-refractivity contribution in [1.82, 2.24) is 10.6 Å². The molecule has 1 aliphatic carbocycles. The van der Waals surface area contributed by atoms with Crippen LogP contribution in [0.4, 0.5) is 5.69 Å². The molecule has 156 valence electrons. The summed E-state index contributed by atoms with van der Waals surface area (Å²) < 4.78 is 9.37. The molecule has 9 nitrogen and oxygen atoms in total. The minimum Gasteiger partial charge on any atom is -0.465 e. The first kappa shape index (κ1) is 20.8. The maximum atomic E-state index is 12.5. The van der Waals surface area contributed by atoms with E-state index < -0.39 is 23.9 Å². The van der Waals surface area contributed by atoms with Crippen molar-refractivity contribution in [2.24, 2.45) is 0 Å². The first-order valence-electron chi connectivity index (χ1n) is 9.59. The molecule has 2 aliphatic rings. The highest BCUT2D eigenvalue weighted by Crippen LogP contribution is 2.23. The van der Waals surface area contributed by atoms with Crippen LogP contribution in [0, 0.1) is 0 Å². The Morgan fingerprint density at radius 3 is 2.17 bits per heavy atom. The summed E-state index contributed by atoms with van der Waals surface area (Å²) >= 11 is 0. The van der Waals surface area contributed by atoms with Crippen LogP contribution in [0.25, 0.3) is 0 Å². The van der Waals surface area contributed by atoms with E-state index in [2.05, 4.69) is 25.4 Å². The summed E-state index contributed by atoms with van der Waals surface area (Å²) in [6, 6.07) is 3.80. The third-order valence-corrected chi connectivity index (χ3v) is 5.27. The average molecular weight is 403 g/mol. The van der Waals surface area contributed by atoms with Gasteiger partial charge in [-0.3, -0.25) is 9.59 Å². The second-order valence-corrected chi connectivity index (χ2v) is 7.26. The maximum Gasteiger partial charge on any atom is 0.337 e. The molecular weight excluding hydrogens is 378 g/mol. The quantitative estimate of drug-likeness (QED) is 0.627. The Morgan fingerprint density at radius 1 is 1.00 bits per heavy atom. The second kappa shape index (κ2) is 9.04. The number of anilines is 1. The van der Waals surface area contributed by atoms with Gasteiger partial charge in [0.25, 0.3) is 0 Å². The molecule has 0 spiro atoms. The molecule has 1 aromatic rings. The average Bonchev–Trinajstić information content (AvgIpc) is 2.72. The van der Waals surface area contributed by atoms with E-state index in [1.807, 2.05) is 0 Å². The lowest BCUT2D eigenvalue weighted by Gasteiger charge is -2.40. The van der Waals surface area contributed by atoms with Gasteiger partial charge < -0.3 is 25.4 Å². The van der Waals surface area contributed by atoms with Gasteiger partial charge in [-0.15, -0.1) is 0 Å². The number of piperazine rings is 1. The number of ether oxygens (including phenoxy) is 2. The van der Waals surface area contributed by atoms with E-state index >= 15 is 0 Å². The van der Waals surface area contributed by atoms with E-state index in [-0.39, 0.29) is 41.2 Å². The Kier molecular flexibility index (Phi) is 6.48. The summed E-state index contributed by atoms with van der Waals surface area (Å²) in [5.74, 6) is -1.91. The zero-order chi connectivity index (χ0) is 21.0. The second-order valence-electron chi connectivity index (χ2n) is 7.26. The number of fused-ring (bicyclic) bond motifs is 1. The van der Waals surface area contributed by atoms with Gasteiger partial charge in [-0.05, 0) is 31.0 Å². The molecule has 2 fully saturated rings. The molecule has 3 atom stereocenters. The van der Waals surface area contributed by atoms with E-state index in [4.69, 9.17) is 0 Å². The smallest absolute Gasteiger partial charge is 0.337 e. The summed E-state index contributed by atoms with van der Waals surface area (Å²) in [6.07, 6.45) is 4.03. The number of rotatable bonds is 5. The molecule has 2 amide bonds. The van der Waals surface area contributed by atoms with Crippen molar-refractivity contribution >= 4 is 29.4 Å².